The molecule has 0 spiro atoms. The lowest BCUT2D eigenvalue weighted by Crippen LogP contribution is -2.05. The minimum atomic E-state index is 0.597. The summed E-state index contributed by atoms with van der Waals surface area (Å²) in [4.78, 5) is 8.26. The fourth-order valence-electron chi connectivity index (χ4n) is 1.64. The molecule has 1 N–H and O–H groups in total. The van der Waals surface area contributed by atoms with Crippen LogP contribution in [0.2, 0.25) is 0 Å². The van der Waals surface area contributed by atoms with Crippen LogP contribution in [0, 0.1) is 6.92 Å². The van der Waals surface area contributed by atoms with Crippen LogP contribution in [-0.2, 0) is 6.54 Å². The number of hydrogen-bond donors (Lipinski definition) is 1. The molecule has 1 aromatic heterocycles. The lowest BCUT2D eigenvalue weighted by atomic mass is 10.2. The zero-order chi connectivity index (χ0) is 13.0. The molecule has 1 aromatic carbocycles. The fraction of sp³-hybridized carbons (Fsp3) is 0.231. The third-order valence-electron chi connectivity index (χ3n) is 2.64. The first-order valence-electron chi connectivity index (χ1n) is 5.55. The van der Waals surface area contributed by atoms with E-state index in [0.717, 1.165) is 15.9 Å². The Morgan fingerprint density at radius 2 is 2.06 bits per heavy atom. The van der Waals surface area contributed by atoms with Crippen molar-refractivity contribution in [3.05, 3.63) is 46.2 Å². The average molecular weight is 308 g/mol. The molecule has 0 aliphatic rings. The molecular weight excluding hydrogens is 294 g/mol. The van der Waals surface area contributed by atoms with Crippen LogP contribution in [0.3, 0.4) is 0 Å². The van der Waals surface area contributed by atoms with Gasteiger partial charge in [-0.2, -0.15) is 0 Å². The quantitative estimate of drug-likeness (QED) is 0.942. The van der Waals surface area contributed by atoms with Crippen LogP contribution >= 0.6 is 15.9 Å². The molecule has 18 heavy (non-hydrogen) atoms. The maximum atomic E-state index is 5.16. The lowest BCUT2D eigenvalue weighted by Gasteiger charge is -2.11. The minimum Gasteiger partial charge on any atom is -0.481 e. The Bertz CT molecular complexity index is 546. The second-order valence-electron chi connectivity index (χ2n) is 3.80. The van der Waals surface area contributed by atoms with Crippen molar-refractivity contribution in [2.45, 2.75) is 13.5 Å². The molecule has 0 saturated heterocycles. The molecule has 0 saturated carbocycles. The predicted octanol–water partition coefficient (Wildman–Crippen LogP) is 3.17. The molecule has 0 fully saturated rings. The second-order valence-corrected chi connectivity index (χ2v) is 4.66. The summed E-state index contributed by atoms with van der Waals surface area (Å²) in [5, 5.41) is 3.28. The molecule has 0 atom stereocenters. The molecule has 1 heterocycles. The van der Waals surface area contributed by atoms with Gasteiger partial charge in [0, 0.05) is 11.0 Å². The van der Waals surface area contributed by atoms with Crippen LogP contribution in [-0.4, -0.2) is 17.1 Å². The van der Waals surface area contributed by atoms with E-state index in [2.05, 4.69) is 37.3 Å². The summed E-state index contributed by atoms with van der Waals surface area (Å²) in [5.41, 5.74) is 2.08. The summed E-state index contributed by atoms with van der Waals surface area (Å²) in [7, 11) is 1.60. The molecule has 5 heteroatoms. The number of aromatic nitrogens is 2. The molecule has 0 aliphatic heterocycles. The van der Waals surface area contributed by atoms with E-state index >= 15 is 0 Å². The third kappa shape index (κ3) is 2.79. The highest BCUT2D eigenvalue weighted by molar-refractivity contribution is 9.10. The van der Waals surface area contributed by atoms with E-state index in [1.54, 1.807) is 7.11 Å². The van der Waals surface area contributed by atoms with Crippen molar-refractivity contribution in [3.63, 3.8) is 0 Å². The maximum Gasteiger partial charge on any atom is 0.221 e. The highest BCUT2D eigenvalue weighted by Crippen LogP contribution is 2.22. The van der Waals surface area contributed by atoms with E-state index in [1.807, 2.05) is 25.1 Å². The van der Waals surface area contributed by atoms with E-state index < -0.39 is 0 Å². The number of benzene rings is 1. The van der Waals surface area contributed by atoms with E-state index in [-0.39, 0.29) is 0 Å². The van der Waals surface area contributed by atoms with Crippen molar-refractivity contribution in [1.29, 1.82) is 0 Å². The highest BCUT2D eigenvalue weighted by atomic mass is 79.9. The molecule has 2 rings (SSSR count). The maximum absolute atomic E-state index is 5.16. The Hall–Kier alpha value is -1.62. The molecule has 0 unspecified atom stereocenters. The topological polar surface area (TPSA) is 47.0 Å². The normalized spacial score (nSPS) is 10.2. The number of anilines is 1. The van der Waals surface area contributed by atoms with Gasteiger partial charge in [-0.15, -0.1) is 0 Å². The zero-order valence-corrected chi connectivity index (χ0v) is 11.9. The molecule has 0 radical (unpaired) electrons. The number of hydrogen-bond acceptors (Lipinski definition) is 4. The predicted molar refractivity (Wildman–Crippen MR) is 74.8 cm³/mol. The van der Waals surface area contributed by atoms with Crippen LogP contribution in [0.25, 0.3) is 0 Å². The third-order valence-corrected chi connectivity index (χ3v) is 3.41. The summed E-state index contributed by atoms with van der Waals surface area (Å²) in [6.45, 7) is 2.63. The van der Waals surface area contributed by atoms with E-state index in [4.69, 9.17) is 4.74 Å². The first kappa shape index (κ1) is 12.8. The van der Waals surface area contributed by atoms with E-state index in [9.17, 15) is 0 Å². The molecular formula is C13H14BrN3O. The largest absolute Gasteiger partial charge is 0.481 e. The van der Waals surface area contributed by atoms with E-state index in [1.165, 1.54) is 11.9 Å². The number of ether oxygens (including phenoxy) is 1. The van der Waals surface area contributed by atoms with Gasteiger partial charge in [0.2, 0.25) is 5.88 Å². The van der Waals surface area contributed by atoms with Gasteiger partial charge in [0.05, 0.1) is 12.7 Å². The van der Waals surface area contributed by atoms with E-state index in [0.29, 0.717) is 12.4 Å². The van der Waals surface area contributed by atoms with Crippen LogP contribution < -0.4 is 10.1 Å². The Balaban J connectivity index is 2.14. The summed E-state index contributed by atoms with van der Waals surface area (Å²) >= 11 is 3.52. The molecule has 0 bridgehead atoms. The highest BCUT2D eigenvalue weighted by Gasteiger charge is 2.07. The molecule has 4 nitrogen and oxygen atoms in total. The van der Waals surface area contributed by atoms with Crippen LogP contribution in [0.4, 0.5) is 5.82 Å². The smallest absolute Gasteiger partial charge is 0.221 e. The van der Waals surface area contributed by atoms with Gasteiger partial charge in [-0.25, -0.2) is 9.97 Å². The van der Waals surface area contributed by atoms with Gasteiger partial charge in [0.1, 0.15) is 12.1 Å². The van der Waals surface area contributed by atoms with Gasteiger partial charge in [0.25, 0.3) is 0 Å². The van der Waals surface area contributed by atoms with Gasteiger partial charge >= 0.3 is 0 Å². The summed E-state index contributed by atoms with van der Waals surface area (Å²) in [6.07, 6.45) is 1.49. The summed E-state index contributed by atoms with van der Waals surface area (Å²) < 4.78 is 6.24. The standard InChI is InChI=1S/C13H14BrN3O/c1-9-12(16-8-17-13(9)18-2)15-7-10-5-3-4-6-11(10)14/h3-6,8H,7H2,1-2H3,(H,15,16,17). The van der Waals surface area contributed by atoms with Gasteiger partial charge in [-0.3, -0.25) is 0 Å². The average Bonchev–Trinajstić information content (AvgIpc) is 2.39. The van der Waals surface area contributed by atoms with Crippen molar-refractivity contribution >= 4 is 21.7 Å². The summed E-state index contributed by atoms with van der Waals surface area (Å²) in [5.74, 6) is 1.39. The Morgan fingerprint density at radius 3 is 2.78 bits per heavy atom. The number of rotatable bonds is 4. The monoisotopic (exact) mass is 307 g/mol. The lowest BCUT2D eigenvalue weighted by molar-refractivity contribution is 0.393. The molecule has 0 aliphatic carbocycles. The minimum absolute atomic E-state index is 0.597. The second kappa shape index (κ2) is 5.82. The van der Waals surface area contributed by atoms with Gasteiger partial charge in [-0.05, 0) is 18.6 Å². The SMILES string of the molecule is COc1ncnc(NCc2ccccc2Br)c1C. The van der Waals surface area contributed by atoms with Crippen LogP contribution in [0.1, 0.15) is 11.1 Å². The van der Waals surface area contributed by atoms with Gasteiger partial charge in [-0.1, -0.05) is 34.1 Å². The van der Waals surface area contributed by atoms with Gasteiger partial charge in [0.15, 0.2) is 0 Å². The number of halogens is 1. The zero-order valence-electron chi connectivity index (χ0n) is 10.3. The Morgan fingerprint density at radius 1 is 1.28 bits per heavy atom. The number of nitrogens with one attached hydrogen (secondary N) is 1. The summed E-state index contributed by atoms with van der Waals surface area (Å²) in [6, 6.07) is 8.08. The van der Waals surface area contributed by atoms with Crippen molar-refractivity contribution in [3.8, 4) is 5.88 Å². The first-order valence-corrected chi connectivity index (χ1v) is 6.34. The van der Waals surface area contributed by atoms with Crippen LogP contribution in [0.15, 0.2) is 35.1 Å². The first-order chi connectivity index (χ1) is 8.72. The van der Waals surface area contributed by atoms with Crippen molar-refractivity contribution in [1.82, 2.24) is 9.97 Å². The van der Waals surface area contributed by atoms with Crippen molar-refractivity contribution in [2.24, 2.45) is 0 Å². The Kier molecular flexibility index (Phi) is 4.15. The molecule has 2 aromatic rings. The van der Waals surface area contributed by atoms with Crippen LogP contribution in [0.5, 0.6) is 5.88 Å². The molecule has 94 valence electrons. The number of methoxy groups -OCH3 is 1. The van der Waals surface area contributed by atoms with Gasteiger partial charge < -0.3 is 10.1 Å². The molecule has 0 amide bonds. The van der Waals surface area contributed by atoms with Crippen molar-refractivity contribution < 1.29 is 4.74 Å². The van der Waals surface area contributed by atoms with Crippen molar-refractivity contribution in [2.75, 3.05) is 12.4 Å². The Labute approximate surface area is 115 Å². The number of nitrogens with zero attached hydrogens (tertiary/aromatic N) is 2. The fourth-order valence-corrected chi connectivity index (χ4v) is 2.06.